The third-order valence-electron chi connectivity index (χ3n) is 2.39. The monoisotopic (exact) mass is 285 g/mol. The van der Waals surface area contributed by atoms with Gasteiger partial charge in [-0.2, -0.15) is 0 Å². The molecule has 0 aliphatic rings. The van der Waals surface area contributed by atoms with Crippen molar-refractivity contribution in [2.24, 2.45) is 0 Å². The SMILES string of the molecule is CO[C@H](CNC(=O)c1ccco1)c1ccc(Cl)s1. The number of hydrogen-bond donors (Lipinski definition) is 1. The number of ether oxygens (including phenoxy) is 1. The fraction of sp³-hybridized carbons (Fsp3) is 0.250. The van der Waals surface area contributed by atoms with E-state index in [-0.39, 0.29) is 17.8 Å². The highest BCUT2D eigenvalue weighted by Crippen LogP contribution is 2.28. The maximum atomic E-state index is 11.7. The summed E-state index contributed by atoms with van der Waals surface area (Å²) >= 11 is 7.30. The van der Waals surface area contributed by atoms with Crippen molar-refractivity contribution >= 4 is 28.8 Å². The molecule has 18 heavy (non-hydrogen) atoms. The maximum Gasteiger partial charge on any atom is 0.287 e. The summed E-state index contributed by atoms with van der Waals surface area (Å²) in [4.78, 5) is 12.7. The van der Waals surface area contributed by atoms with Crippen LogP contribution in [0.25, 0.3) is 0 Å². The molecule has 4 nitrogen and oxygen atoms in total. The first-order valence-electron chi connectivity index (χ1n) is 5.30. The molecule has 1 atom stereocenters. The van der Waals surface area contributed by atoms with E-state index in [2.05, 4.69) is 5.32 Å². The predicted molar refractivity (Wildman–Crippen MR) is 70.1 cm³/mol. The Morgan fingerprint density at radius 1 is 1.56 bits per heavy atom. The largest absolute Gasteiger partial charge is 0.459 e. The number of rotatable bonds is 5. The molecular formula is C12H12ClNO3S. The summed E-state index contributed by atoms with van der Waals surface area (Å²) in [6.45, 7) is 0.368. The molecule has 0 spiro atoms. The number of halogens is 1. The first kappa shape index (κ1) is 13.1. The topological polar surface area (TPSA) is 51.5 Å². The van der Waals surface area contributed by atoms with Crippen LogP contribution in [0.4, 0.5) is 0 Å². The van der Waals surface area contributed by atoms with Crippen LogP contribution in [0.3, 0.4) is 0 Å². The van der Waals surface area contributed by atoms with Crippen LogP contribution in [0.15, 0.2) is 34.9 Å². The Hall–Kier alpha value is -1.30. The molecule has 0 bridgehead atoms. The Bertz CT molecular complexity index is 509. The van der Waals surface area contributed by atoms with Gasteiger partial charge in [0.1, 0.15) is 6.10 Å². The third-order valence-corrected chi connectivity index (χ3v) is 3.71. The molecule has 0 saturated carbocycles. The lowest BCUT2D eigenvalue weighted by molar-refractivity contribution is 0.0816. The van der Waals surface area contributed by atoms with Gasteiger partial charge in [-0.3, -0.25) is 4.79 Å². The number of thiophene rings is 1. The van der Waals surface area contributed by atoms with Gasteiger partial charge >= 0.3 is 0 Å². The lowest BCUT2D eigenvalue weighted by Gasteiger charge is -2.13. The molecule has 0 aliphatic heterocycles. The zero-order valence-electron chi connectivity index (χ0n) is 9.68. The Morgan fingerprint density at radius 3 is 2.94 bits per heavy atom. The molecule has 0 saturated heterocycles. The van der Waals surface area contributed by atoms with Gasteiger partial charge in [0.25, 0.3) is 5.91 Å². The number of carbonyl (C=O) groups excluding carboxylic acids is 1. The summed E-state index contributed by atoms with van der Waals surface area (Å²) in [6.07, 6.45) is 1.25. The third kappa shape index (κ3) is 3.13. The van der Waals surface area contributed by atoms with Crippen molar-refractivity contribution in [1.29, 1.82) is 0 Å². The van der Waals surface area contributed by atoms with Crippen LogP contribution in [0.1, 0.15) is 21.5 Å². The molecule has 96 valence electrons. The summed E-state index contributed by atoms with van der Waals surface area (Å²) in [5.41, 5.74) is 0. The summed E-state index contributed by atoms with van der Waals surface area (Å²) < 4.78 is 11.0. The van der Waals surface area contributed by atoms with Crippen molar-refractivity contribution in [3.8, 4) is 0 Å². The maximum absolute atomic E-state index is 11.7. The molecule has 0 fully saturated rings. The van der Waals surface area contributed by atoms with Crippen molar-refractivity contribution in [2.45, 2.75) is 6.10 Å². The highest BCUT2D eigenvalue weighted by molar-refractivity contribution is 7.16. The van der Waals surface area contributed by atoms with Crippen molar-refractivity contribution < 1.29 is 13.9 Å². The number of methoxy groups -OCH3 is 1. The van der Waals surface area contributed by atoms with Crippen molar-refractivity contribution in [1.82, 2.24) is 5.32 Å². The van der Waals surface area contributed by atoms with Crippen LogP contribution >= 0.6 is 22.9 Å². The predicted octanol–water partition coefficient (Wildman–Crippen LogP) is 3.11. The van der Waals surface area contributed by atoms with Gasteiger partial charge in [-0.1, -0.05) is 11.6 Å². The van der Waals surface area contributed by atoms with E-state index in [1.54, 1.807) is 19.2 Å². The molecular weight excluding hydrogens is 274 g/mol. The molecule has 2 rings (SSSR count). The lowest BCUT2D eigenvalue weighted by atomic mass is 10.3. The Balaban J connectivity index is 1.94. The minimum absolute atomic E-state index is 0.207. The second-order valence-corrected chi connectivity index (χ2v) is 5.30. The van der Waals surface area contributed by atoms with E-state index in [1.165, 1.54) is 17.6 Å². The van der Waals surface area contributed by atoms with Crippen molar-refractivity contribution in [2.75, 3.05) is 13.7 Å². The number of carbonyl (C=O) groups is 1. The molecule has 1 N–H and O–H groups in total. The van der Waals surface area contributed by atoms with Crippen LogP contribution in [-0.4, -0.2) is 19.6 Å². The molecule has 6 heteroatoms. The summed E-state index contributed by atoms with van der Waals surface area (Å²) in [5, 5.41) is 2.75. The van der Waals surface area contributed by atoms with E-state index >= 15 is 0 Å². The van der Waals surface area contributed by atoms with Crippen LogP contribution < -0.4 is 5.32 Å². The van der Waals surface area contributed by atoms with Gasteiger partial charge in [0.15, 0.2) is 5.76 Å². The second-order valence-electron chi connectivity index (χ2n) is 3.55. The first-order chi connectivity index (χ1) is 8.70. The van der Waals surface area contributed by atoms with Crippen molar-refractivity contribution in [3.05, 3.63) is 45.5 Å². The average Bonchev–Trinajstić information content (AvgIpc) is 3.01. The van der Waals surface area contributed by atoms with E-state index in [4.69, 9.17) is 20.8 Å². The van der Waals surface area contributed by atoms with Gasteiger partial charge in [0.05, 0.1) is 10.6 Å². The number of amides is 1. The normalized spacial score (nSPS) is 12.3. The van der Waals surface area contributed by atoms with Gasteiger partial charge in [0.2, 0.25) is 0 Å². The van der Waals surface area contributed by atoms with E-state index in [1.807, 2.05) is 12.1 Å². The number of hydrogen-bond acceptors (Lipinski definition) is 4. The quantitative estimate of drug-likeness (QED) is 0.918. The Morgan fingerprint density at radius 2 is 2.39 bits per heavy atom. The van der Waals surface area contributed by atoms with Gasteiger partial charge in [-0.05, 0) is 24.3 Å². The first-order valence-corrected chi connectivity index (χ1v) is 6.50. The standard InChI is InChI=1S/C12H12ClNO3S/c1-16-9(10-4-5-11(13)18-10)7-14-12(15)8-3-2-6-17-8/h2-6,9H,7H2,1H3,(H,14,15)/t9-/m1/s1. The van der Waals surface area contributed by atoms with E-state index in [0.29, 0.717) is 10.9 Å². The number of nitrogens with one attached hydrogen (secondary N) is 1. The Labute approximate surface area is 114 Å². The van der Waals surface area contributed by atoms with E-state index in [0.717, 1.165) is 4.88 Å². The summed E-state index contributed by atoms with van der Waals surface area (Å²) in [5.74, 6) is 0.0266. The molecule has 0 aliphatic carbocycles. The second kappa shape index (κ2) is 6.04. The van der Waals surface area contributed by atoms with Gasteiger partial charge < -0.3 is 14.5 Å². The molecule has 2 aromatic rings. The average molecular weight is 286 g/mol. The molecule has 0 aromatic carbocycles. The zero-order valence-corrected chi connectivity index (χ0v) is 11.3. The molecule has 0 radical (unpaired) electrons. The minimum Gasteiger partial charge on any atom is -0.459 e. The number of furan rings is 1. The Kier molecular flexibility index (Phi) is 4.41. The van der Waals surface area contributed by atoms with Gasteiger partial charge in [-0.15, -0.1) is 11.3 Å². The van der Waals surface area contributed by atoms with Crippen molar-refractivity contribution in [3.63, 3.8) is 0 Å². The summed E-state index contributed by atoms with van der Waals surface area (Å²) in [6, 6.07) is 6.98. The van der Waals surface area contributed by atoms with Crippen LogP contribution in [0, 0.1) is 0 Å². The molecule has 0 unspecified atom stereocenters. The molecule has 2 aromatic heterocycles. The van der Waals surface area contributed by atoms with Crippen LogP contribution in [-0.2, 0) is 4.74 Å². The highest BCUT2D eigenvalue weighted by Gasteiger charge is 2.15. The minimum atomic E-state index is -0.260. The molecule has 2 heterocycles. The van der Waals surface area contributed by atoms with E-state index in [9.17, 15) is 4.79 Å². The fourth-order valence-corrected chi connectivity index (χ4v) is 2.62. The van der Waals surface area contributed by atoms with Gasteiger partial charge in [0, 0.05) is 18.5 Å². The smallest absolute Gasteiger partial charge is 0.287 e. The molecule has 1 amide bonds. The highest BCUT2D eigenvalue weighted by atomic mass is 35.5. The zero-order chi connectivity index (χ0) is 13.0. The van der Waals surface area contributed by atoms with Crippen LogP contribution in [0.5, 0.6) is 0 Å². The lowest BCUT2D eigenvalue weighted by Crippen LogP contribution is -2.28. The van der Waals surface area contributed by atoms with E-state index < -0.39 is 0 Å². The van der Waals surface area contributed by atoms with Gasteiger partial charge in [-0.25, -0.2) is 0 Å². The summed E-state index contributed by atoms with van der Waals surface area (Å²) in [7, 11) is 1.59. The van der Waals surface area contributed by atoms with Crippen LogP contribution in [0.2, 0.25) is 4.34 Å². The fourth-order valence-electron chi connectivity index (χ4n) is 1.48.